The molecule has 0 radical (unpaired) electrons. The molecule has 0 aliphatic carbocycles. The van der Waals surface area contributed by atoms with Crippen LogP contribution in [0.5, 0.6) is 0 Å². The molecule has 0 heterocycles. The second kappa shape index (κ2) is 5.58. The summed E-state index contributed by atoms with van der Waals surface area (Å²) in [6.45, 7) is 1.97. The van der Waals surface area contributed by atoms with Crippen LogP contribution in [-0.2, 0) is 6.42 Å². The van der Waals surface area contributed by atoms with Crippen molar-refractivity contribution < 1.29 is 9.18 Å². The highest BCUT2D eigenvalue weighted by Gasteiger charge is 2.06. The number of halogens is 1. The molecular formula is C16H15FO. The molecule has 2 heteroatoms. The van der Waals surface area contributed by atoms with Gasteiger partial charge in [-0.15, -0.1) is 0 Å². The van der Waals surface area contributed by atoms with E-state index in [0.29, 0.717) is 12.8 Å². The number of benzene rings is 2. The standard InChI is InChI=1S/C16H15FO/c1-12-3-2-4-14(11-12)16(18)10-7-13-5-8-15(17)9-6-13/h2-6,8-9,11H,7,10H2,1H3. The molecule has 18 heavy (non-hydrogen) atoms. The Bertz CT molecular complexity index is 543. The minimum Gasteiger partial charge on any atom is -0.294 e. The molecule has 0 saturated heterocycles. The normalized spacial score (nSPS) is 10.3. The summed E-state index contributed by atoms with van der Waals surface area (Å²) in [5.41, 5.74) is 2.82. The zero-order valence-corrected chi connectivity index (χ0v) is 10.3. The second-order valence-corrected chi connectivity index (χ2v) is 4.42. The highest BCUT2D eigenvalue weighted by molar-refractivity contribution is 5.96. The number of rotatable bonds is 4. The van der Waals surface area contributed by atoms with Gasteiger partial charge in [0.1, 0.15) is 5.82 Å². The van der Waals surface area contributed by atoms with Crippen LogP contribution in [0.2, 0.25) is 0 Å². The average Bonchev–Trinajstić information content (AvgIpc) is 2.38. The lowest BCUT2D eigenvalue weighted by Crippen LogP contribution is -2.01. The van der Waals surface area contributed by atoms with E-state index in [4.69, 9.17) is 0 Å². The van der Waals surface area contributed by atoms with Crippen LogP contribution in [0.25, 0.3) is 0 Å². The van der Waals surface area contributed by atoms with Gasteiger partial charge in [0, 0.05) is 12.0 Å². The van der Waals surface area contributed by atoms with Gasteiger partial charge in [0.15, 0.2) is 5.78 Å². The van der Waals surface area contributed by atoms with Gasteiger partial charge in [0.05, 0.1) is 0 Å². The van der Waals surface area contributed by atoms with Crippen molar-refractivity contribution in [2.75, 3.05) is 0 Å². The number of carbonyl (C=O) groups excluding carboxylic acids is 1. The molecule has 0 saturated carbocycles. The minimum absolute atomic E-state index is 0.128. The quantitative estimate of drug-likeness (QED) is 0.742. The Labute approximate surface area is 106 Å². The lowest BCUT2D eigenvalue weighted by molar-refractivity contribution is 0.0983. The van der Waals surface area contributed by atoms with E-state index in [-0.39, 0.29) is 11.6 Å². The molecule has 0 spiro atoms. The Kier molecular flexibility index (Phi) is 3.88. The van der Waals surface area contributed by atoms with E-state index in [0.717, 1.165) is 16.7 Å². The van der Waals surface area contributed by atoms with Gasteiger partial charge < -0.3 is 0 Å². The molecule has 0 amide bonds. The lowest BCUT2D eigenvalue weighted by atomic mass is 10.0. The highest BCUT2D eigenvalue weighted by Crippen LogP contribution is 2.11. The van der Waals surface area contributed by atoms with Crippen LogP contribution >= 0.6 is 0 Å². The first-order valence-corrected chi connectivity index (χ1v) is 5.99. The molecule has 1 nitrogen and oxygen atoms in total. The molecule has 0 atom stereocenters. The summed E-state index contributed by atoms with van der Waals surface area (Å²) in [6, 6.07) is 13.9. The number of Topliss-reactive ketones (excluding diaryl/α,β-unsaturated/α-hetero) is 1. The molecule has 0 N–H and O–H groups in total. The van der Waals surface area contributed by atoms with E-state index in [1.54, 1.807) is 12.1 Å². The van der Waals surface area contributed by atoms with Gasteiger partial charge in [-0.25, -0.2) is 4.39 Å². The molecule has 0 fully saturated rings. The predicted octanol–water partition coefficient (Wildman–Crippen LogP) is 3.95. The van der Waals surface area contributed by atoms with E-state index < -0.39 is 0 Å². The number of carbonyl (C=O) groups is 1. The topological polar surface area (TPSA) is 17.1 Å². The number of hydrogen-bond acceptors (Lipinski definition) is 1. The average molecular weight is 242 g/mol. The van der Waals surface area contributed by atoms with Gasteiger partial charge in [-0.1, -0.05) is 35.9 Å². The van der Waals surface area contributed by atoms with Crippen molar-refractivity contribution >= 4 is 5.78 Å². The molecule has 0 aliphatic heterocycles. The first-order chi connectivity index (χ1) is 8.65. The van der Waals surface area contributed by atoms with Gasteiger partial charge in [-0.3, -0.25) is 4.79 Å². The van der Waals surface area contributed by atoms with Gasteiger partial charge in [0.2, 0.25) is 0 Å². The molecule has 2 rings (SSSR count). The van der Waals surface area contributed by atoms with Crippen LogP contribution in [0, 0.1) is 12.7 Å². The minimum atomic E-state index is -0.247. The van der Waals surface area contributed by atoms with E-state index in [9.17, 15) is 9.18 Å². The van der Waals surface area contributed by atoms with Gasteiger partial charge in [-0.05, 0) is 37.1 Å². The largest absolute Gasteiger partial charge is 0.294 e. The molecular weight excluding hydrogens is 227 g/mol. The Morgan fingerprint density at radius 3 is 2.50 bits per heavy atom. The molecule has 2 aromatic rings. The monoisotopic (exact) mass is 242 g/mol. The Balaban J connectivity index is 1.98. The van der Waals surface area contributed by atoms with E-state index >= 15 is 0 Å². The fourth-order valence-electron chi connectivity index (χ4n) is 1.87. The van der Waals surface area contributed by atoms with Crippen molar-refractivity contribution in [1.29, 1.82) is 0 Å². The summed E-state index contributed by atoms with van der Waals surface area (Å²) in [4.78, 5) is 12.0. The summed E-state index contributed by atoms with van der Waals surface area (Å²) in [7, 11) is 0. The maximum atomic E-state index is 12.7. The highest BCUT2D eigenvalue weighted by atomic mass is 19.1. The third kappa shape index (κ3) is 3.27. The molecule has 0 aromatic heterocycles. The van der Waals surface area contributed by atoms with Gasteiger partial charge in [0.25, 0.3) is 0 Å². The first kappa shape index (κ1) is 12.5. The SMILES string of the molecule is Cc1cccc(C(=O)CCc2ccc(F)cc2)c1. The predicted molar refractivity (Wildman–Crippen MR) is 70.2 cm³/mol. The fraction of sp³-hybridized carbons (Fsp3) is 0.188. The van der Waals surface area contributed by atoms with Crippen molar-refractivity contribution in [3.05, 3.63) is 71.0 Å². The van der Waals surface area contributed by atoms with E-state index in [2.05, 4.69) is 0 Å². The van der Waals surface area contributed by atoms with Gasteiger partial charge in [-0.2, -0.15) is 0 Å². The smallest absolute Gasteiger partial charge is 0.163 e. The summed E-state index contributed by atoms with van der Waals surface area (Å²) >= 11 is 0. The maximum Gasteiger partial charge on any atom is 0.163 e. The number of aryl methyl sites for hydroxylation is 2. The Hall–Kier alpha value is -1.96. The van der Waals surface area contributed by atoms with Crippen molar-refractivity contribution in [1.82, 2.24) is 0 Å². The molecule has 0 bridgehead atoms. The Morgan fingerprint density at radius 1 is 1.11 bits per heavy atom. The third-order valence-electron chi connectivity index (χ3n) is 2.89. The van der Waals surface area contributed by atoms with Crippen LogP contribution in [0.3, 0.4) is 0 Å². The van der Waals surface area contributed by atoms with Crippen LogP contribution in [-0.4, -0.2) is 5.78 Å². The summed E-state index contributed by atoms with van der Waals surface area (Å²) < 4.78 is 12.7. The summed E-state index contributed by atoms with van der Waals surface area (Å²) in [5, 5.41) is 0. The molecule has 0 unspecified atom stereocenters. The van der Waals surface area contributed by atoms with Crippen LogP contribution in [0.1, 0.15) is 27.9 Å². The third-order valence-corrected chi connectivity index (χ3v) is 2.89. The maximum absolute atomic E-state index is 12.7. The van der Waals surface area contributed by atoms with Crippen molar-refractivity contribution in [2.45, 2.75) is 19.8 Å². The first-order valence-electron chi connectivity index (χ1n) is 5.99. The summed E-state index contributed by atoms with van der Waals surface area (Å²) in [6.07, 6.45) is 1.10. The summed E-state index contributed by atoms with van der Waals surface area (Å²) in [5.74, 6) is -0.119. The van der Waals surface area contributed by atoms with Crippen LogP contribution < -0.4 is 0 Å². The van der Waals surface area contributed by atoms with Gasteiger partial charge >= 0.3 is 0 Å². The van der Waals surface area contributed by atoms with Crippen molar-refractivity contribution in [3.8, 4) is 0 Å². The Morgan fingerprint density at radius 2 is 1.83 bits per heavy atom. The molecule has 2 aromatic carbocycles. The second-order valence-electron chi connectivity index (χ2n) is 4.42. The van der Waals surface area contributed by atoms with Crippen molar-refractivity contribution in [2.24, 2.45) is 0 Å². The van der Waals surface area contributed by atoms with Crippen LogP contribution in [0.4, 0.5) is 4.39 Å². The fourth-order valence-corrected chi connectivity index (χ4v) is 1.87. The lowest BCUT2D eigenvalue weighted by Gasteiger charge is -2.03. The molecule has 0 aliphatic rings. The van der Waals surface area contributed by atoms with E-state index in [1.165, 1.54) is 12.1 Å². The zero-order valence-electron chi connectivity index (χ0n) is 10.3. The van der Waals surface area contributed by atoms with E-state index in [1.807, 2.05) is 31.2 Å². The van der Waals surface area contributed by atoms with Crippen LogP contribution in [0.15, 0.2) is 48.5 Å². The number of hydrogen-bond donors (Lipinski definition) is 0. The van der Waals surface area contributed by atoms with Crippen molar-refractivity contribution in [3.63, 3.8) is 0 Å². The zero-order chi connectivity index (χ0) is 13.0. The molecule has 92 valence electrons. The number of ketones is 1.